The molecule has 0 saturated carbocycles. The van der Waals surface area contributed by atoms with Crippen molar-refractivity contribution in [2.24, 2.45) is 10.9 Å². The van der Waals surface area contributed by atoms with E-state index in [2.05, 4.69) is 53.3 Å². The molecule has 206 valence electrons. The number of thiocarbonyl (C=S) groups is 1. The van der Waals surface area contributed by atoms with Gasteiger partial charge in [0.25, 0.3) is 0 Å². The van der Waals surface area contributed by atoms with Crippen molar-refractivity contribution in [3.8, 4) is 34.1 Å². The predicted octanol–water partition coefficient (Wildman–Crippen LogP) is 10.0. The van der Waals surface area contributed by atoms with Crippen LogP contribution in [-0.2, 0) is 12.8 Å². The van der Waals surface area contributed by atoms with Crippen molar-refractivity contribution in [1.82, 2.24) is 0 Å². The van der Waals surface area contributed by atoms with Gasteiger partial charge < -0.3 is 0 Å². The number of nitrogens with zero attached hydrogens (tertiary/aromatic N) is 1. The van der Waals surface area contributed by atoms with Gasteiger partial charge in [-0.15, -0.1) is 0 Å². The number of fused-ring (bicyclic) bond motifs is 1. The van der Waals surface area contributed by atoms with Crippen molar-refractivity contribution < 1.29 is 17.6 Å². The molecule has 0 heterocycles. The summed E-state index contributed by atoms with van der Waals surface area (Å²) in [6.45, 7) is 2.22. The van der Waals surface area contributed by atoms with Crippen molar-refractivity contribution in [1.29, 1.82) is 0 Å². The maximum absolute atomic E-state index is 15.1. The third-order valence-corrected chi connectivity index (χ3v) is 7.67. The Balaban J connectivity index is 1.36. The number of halogens is 4. The quantitative estimate of drug-likeness (QED) is 0.0974. The maximum Gasteiger partial charge on any atom is 0.150 e. The van der Waals surface area contributed by atoms with Crippen LogP contribution < -0.4 is 0 Å². The maximum atomic E-state index is 15.1. The van der Waals surface area contributed by atoms with E-state index in [9.17, 15) is 4.39 Å². The van der Waals surface area contributed by atoms with E-state index in [1.54, 1.807) is 0 Å². The Bertz CT molecular complexity index is 1700. The molecule has 1 atom stereocenters. The minimum Gasteiger partial charge on any atom is -0.206 e. The van der Waals surface area contributed by atoms with Crippen LogP contribution in [0.1, 0.15) is 54.9 Å². The molecule has 1 aliphatic carbocycles. The van der Waals surface area contributed by atoms with Gasteiger partial charge >= 0.3 is 0 Å². The molecule has 0 spiro atoms. The fourth-order valence-corrected chi connectivity index (χ4v) is 5.53. The number of isothiocyanates is 1. The summed E-state index contributed by atoms with van der Waals surface area (Å²) < 4.78 is 59.4. The standard InChI is InChI=1S/C35H27F4NS/c1-2-3-4-22-7-9-26-16-23(8-10-25(26)15-22)5-6-24-17-32(38)35(33(39)18-24)28-11-13-29(30(36)20-28)27-12-14-34(40-21-41)31(37)19-27/h8,10-14,16-20,22H,2-4,7,9,15H2,1H3. The van der Waals surface area contributed by atoms with Gasteiger partial charge in [0.2, 0.25) is 0 Å². The first-order valence-corrected chi connectivity index (χ1v) is 14.1. The van der Waals surface area contributed by atoms with Gasteiger partial charge in [0, 0.05) is 16.7 Å². The summed E-state index contributed by atoms with van der Waals surface area (Å²) in [6.07, 6.45) is 7.03. The van der Waals surface area contributed by atoms with Crippen molar-refractivity contribution in [3.63, 3.8) is 0 Å². The lowest BCUT2D eigenvalue weighted by atomic mass is 9.81. The largest absolute Gasteiger partial charge is 0.206 e. The lowest BCUT2D eigenvalue weighted by Gasteiger charge is -2.24. The third-order valence-electron chi connectivity index (χ3n) is 7.58. The number of hydrogen-bond donors (Lipinski definition) is 0. The summed E-state index contributed by atoms with van der Waals surface area (Å²) in [5.74, 6) is 3.50. The molecule has 1 nitrogen and oxygen atoms in total. The Morgan fingerprint density at radius 1 is 0.780 bits per heavy atom. The van der Waals surface area contributed by atoms with Gasteiger partial charge in [0.1, 0.15) is 29.0 Å². The lowest BCUT2D eigenvalue weighted by Crippen LogP contribution is -2.14. The van der Waals surface area contributed by atoms with Crippen molar-refractivity contribution in [2.45, 2.75) is 45.4 Å². The monoisotopic (exact) mass is 569 g/mol. The number of unbranched alkanes of at least 4 members (excludes halogenated alkanes) is 1. The van der Waals surface area contributed by atoms with Crippen LogP contribution in [0.15, 0.2) is 71.7 Å². The highest BCUT2D eigenvalue weighted by Gasteiger charge is 2.19. The van der Waals surface area contributed by atoms with Crippen LogP contribution in [-0.4, -0.2) is 5.16 Å². The van der Waals surface area contributed by atoms with Gasteiger partial charge in [0.05, 0.1) is 10.7 Å². The van der Waals surface area contributed by atoms with E-state index >= 15 is 13.2 Å². The Kier molecular flexibility index (Phi) is 8.78. The zero-order chi connectivity index (χ0) is 28.9. The smallest absolute Gasteiger partial charge is 0.150 e. The molecule has 5 rings (SSSR count). The fraction of sp³-hybridized carbons (Fsp3) is 0.229. The summed E-state index contributed by atoms with van der Waals surface area (Å²) in [5.41, 5.74) is 3.63. The molecule has 0 N–H and O–H groups in total. The topological polar surface area (TPSA) is 12.4 Å². The average molecular weight is 570 g/mol. The molecule has 1 unspecified atom stereocenters. The van der Waals surface area contributed by atoms with Gasteiger partial charge in [0.15, 0.2) is 0 Å². The van der Waals surface area contributed by atoms with E-state index in [1.165, 1.54) is 61.1 Å². The van der Waals surface area contributed by atoms with Crippen LogP contribution in [0.5, 0.6) is 0 Å². The molecule has 4 aromatic carbocycles. The summed E-state index contributed by atoms with van der Waals surface area (Å²) in [5, 5.41) is 2.08. The Hall–Kier alpha value is -4.04. The second-order valence-electron chi connectivity index (χ2n) is 10.4. The molecule has 1 aliphatic rings. The van der Waals surface area contributed by atoms with E-state index in [0.29, 0.717) is 0 Å². The van der Waals surface area contributed by atoms with E-state index < -0.39 is 23.3 Å². The Labute approximate surface area is 243 Å². The van der Waals surface area contributed by atoms with E-state index in [0.717, 1.165) is 48.6 Å². The SMILES string of the molecule is CCCCC1CCc2cc(C#Cc3cc(F)c(-c4ccc(-c5ccc(N=C=S)c(F)c5)c(F)c4)c(F)c3)ccc2C1. The second-order valence-corrected chi connectivity index (χ2v) is 10.5. The Morgan fingerprint density at radius 2 is 1.51 bits per heavy atom. The van der Waals surface area contributed by atoms with Crippen molar-refractivity contribution in [2.75, 3.05) is 0 Å². The first kappa shape index (κ1) is 28.5. The summed E-state index contributed by atoms with van der Waals surface area (Å²) in [4.78, 5) is 3.60. The van der Waals surface area contributed by atoms with Gasteiger partial charge in [-0.25, -0.2) is 17.6 Å². The highest BCUT2D eigenvalue weighted by atomic mass is 32.1. The number of rotatable bonds is 6. The molecule has 6 heteroatoms. The molecule has 4 aromatic rings. The first-order valence-electron chi connectivity index (χ1n) is 13.7. The second kappa shape index (κ2) is 12.6. The average Bonchev–Trinajstić information content (AvgIpc) is 2.96. The molecule has 0 amide bonds. The van der Waals surface area contributed by atoms with Crippen LogP contribution in [0.2, 0.25) is 0 Å². The molecule has 0 bridgehead atoms. The van der Waals surface area contributed by atoms with Crippen molar-refractivity contribution >= 4 is 23.1 Å². The highest BCUT2D eigenvalue weighted by molar-refractivity contribution is 7.78. The molecule has 41 heavy (non-hydrogen) atoms. The zero-order valence-electron chi connectivity index (χ0n) is 22.5. The Morgan fingerprint density at radius 3 is 2.22 bits per heavy atom. The molecule has 0 aliphatic heterocycles. The van der Waals surface area contributed by atoms with Crippen LogP contribution >= 0.6 is 12.2 Å². The van der Waals surface area contributed by atoms with Crippen LogP contribution in [0.3, 0.4) is 0 Å². The molecule has 0 fully saturated rings. The number of aryl methyl sites for hydroxylation is 1. The predicted molar refractivity (Wildman–Crippen MR) is 159 cm³/mol. The lowest BCUT2D eigenvalue weighted by molar-refractivity contribution is 0.413. The molecular weight excluding hydrogens is 542 g/mol. The van der Waals surface area contributed by atoms with Crippen LogP contribution in [0, 0.1) is 41.0 Å². The minimum absolute atomic E-state index is 0.0179. The van der Waals surface area contributed by atoms with Crippen molar-refractivity contribution in [3.05, 3.63) is 112 Å². The van der Waals surface area contributed by atoms with Gasteiger partial charge in [-0.05, 0) is 102 Å². The minimum atomic E-state index is -0.849. The molecule has 0 saturated heterocycles. The molecular formula is C35H27F4NS. The number of hydrogen-bond acceptors (Lipinski definition) is 2. The fourth-order valence-electron chi connectivity index (χ4n) is 5.43. The first-order chi connectivity index (χ1) is 19.9. The van der Waals surface area contributed by atoms with Gasteiger partial charge in [-0.3, -0.25) is 0 Å². The van der Waals surface area contributed by atoms with Gasteiger partial charge in [-0.2, -0.15) is 4.99 Å². The normalized spacial score (nSPS) is 14.0. The summed E-state index contributed by atoms with van der Waals surface area (Å²) in [7, 11) is 0. The number of benzene rings is 4. The molecule has 0 aromatic heterocycles. The highest BCUT2D eigenvalue weighted by Crippen LogP contribution is 2.33. The summed E-state index contributed by atoms with van der Waals surface area (Å²) >= 11 is 4.49. The van der Waals surface area contributed by atoms with E-state index in [-0.39, 0.29) is 33.5 Å². The van der Waals surface area contributed by atoms with Gasteiger partial charge in [-0.1, -0.05) is 62.3 Å². The van der Waals surface area contributed by atoms with Crippen LogP contribution in [0.25, 0.3) is 22.3 Å². The van der Waals surface area contributed by atoms with E-state index in [4.69, 9.17) is 0 Å². The number of aliphatic imine (C=N–C) groups is 1. The van der Waals surface area contributed by atoms with Crippen LogP contribution in [0.4, 0.5) is 23.2 Å². The van der Waals surface area contributed by atoms with E-state index in [1.807, 2.05) is 6.07 Å². The zero-order valence-corrected chi connectivity index (χ0v) is 23.4. The third kappa shape index (κ3) is 6.49. The molecule has 0 radical (unpaired) electrons. The summed E-state index contributed by atoms with van der Waals surface area (Å²) in [6, 6.07) is 16.2.